The minimum absolute atomic E-state index is 0.0593. The molecule has 1 aliphatic rings. The van der Waals surface area contributed by atoms with Gasteiger partial charge in [0.1, 0.15) is 6.04 Å². The van der Waals surface area contributed by atoms with Gasteiger partial charge in [-0.25, -0.2) is 4.98 Å². The molecule has 1 aliphatic heterocycles. The van der Waals surface area contributed by atoms with Gasteiger partial charge in [-0.2, -0.15) is 0 Å². The van der Waals surface area contributed by atoms with Crippen molar-refractivity contribution >= 4 is 28.3 Å². The number of rotatable bonds is 4. The van der Waals surface area contributed by atoms with Crippen LogP contribution in [0.5, 0.6) is 0 Å². The number of aromatic nitrogens is 1. The molecule has 1 atom stereocenters. The van der Waals surface area contributed by atoms with Crippen LogP contribution >= 0.6 is 11.3 Å². The van der Waals surface area contributed by atoms with Crippen LogP contribution in [0.15, 0.2) is 60.0 Å². The highest BCUT2D eigenvalue weighted by Gasteiger charge is 2.32. The first-order valence-corrected chi connectivity index (χ1v) is 10.2. The molecule has 1 N–H and O–H groups in total. The minimum atomic E-state index is -0.394. The van der Waals surface area contributed by atoms with E-state index in [1.165, 1.54) is 23.8 Å². The van der Waals surface area contributed by atoms with Gasteiger partial charge in [0.2, 0.25) is 11.8 Å². The number of nitrogens with zero attached hydrogens (tertiary/aromatic N) is 2. The summed E-state index contributed by atoms with van der Waals surface area (Å²) in [6, 6.07) is 18.1. The third-order valence-electron chi connectivity index (χ3n) is 4.98. The summed E-state index contributed by atoms with van der Waals surface area (Å²) < 4.78 is 0. The fourth-order valence-corrected chi connectivity index (χ4v) is 4.26. The summed E-state index contributed by atoms with van der Waals surface area (Å²) in [5.74, 6) is -0.219. The smallest absolute Gasteiger partial charge is 0.248 e. The molecule has 1 saturated heterocycles. The van der Waals surface area contributed by atoms with E-state index >= 15 is 0 Å². The Labute approximate surface area is 168 Å². The van der Waals surface area contributed by atoms with Gasteiger partial charge >= 0.3 is 0 Å². The first-order valence-electron chi connectivity index (χ1n) is 9.31. The lowest BCUT2D eigenvalue weighted by Crippen LogP contribution is -2.42. The van der Waals surface area contributed by atoms with E-state index in [1.54, 1.807) is 4.90 Å². The predicted molar refractivity (Wildman–Crippen MR) is 112 cm³/mol. The van der Waals surface area contributed by atoms with Gasteiger partial charge in [0.15, 0.2) is 5.13 Å². The Balaban J connectivity index is 1.46. The lowest BCUT2D eigenvalue weighted by Gasteiger charge is -2.21. The molecule has 1 fully saturated rings. The van der Waals surface area contributed by atoms with Gasteiger partial charge in [-0.15, -0.1) is 11.3 Å². The van der Waals surface area contributed by atoms with Gasteiger partial charge in [0, 0.05) is 24.4 Å². The molecule has 142 valence electrons. The highest BCUT2D eigenvalue weighted by atomic mass is 32.1. The Kier molecular flexibility index (Phi) is 5.21. The molecule has 2 heterocycles. The first kappa shape index (κ1) is 18.4. The second kappa shape index (κ2) is 7.94. The summed E-state index contributed by atoms with van der Waals surface area (Å²) in [4.78, 5) is 30.4. The Bertz CT molecular complexity index is 983. The van der Waals surface area contributed by atoms with Crippen molar-refractivity contribution in [2.24, 2.45) is 0 Å². The number of carbonyl (C=O) groups excluding carboxylic acids is 2. The molecule has 0 spiro atoms. The lowest BCUT2D eigenvalue weighted by atomic mass is 10.0. The van der Waals surface area contributed by atoms with Gasteiger partial charge in [0.25, 0.3) is 0 Å². The molecular formula is C22H21N3O2S. The molecule has 0 radical (unpaired) electrons. The van der Waals surface area contributed by atoms with E-state index in [0.717, 1.165) is 23.2 Å². The summed E-state index contributed by atoms with van der Waals surface area (Å²) >= 11 is 1.40. The van der Waals surface area contributed by atoms with Gasteiger partial charge in [-0.1, -0.05) is 54.6 Å². The Hall–Kier alpha value is -2.99. The molecule has 2 aromatic carbocycles. The molecule has 5 nitrogen and oxygen atoms in total. The zero-order valence-corrected chi connectivity index (χ0v) is 16.4. The molecular weight excluding hydrogens is 370 g/mol. The SMILES string of the molecule is CC(=O)N1CCC[C@H]1C(=O)Nc1nc(-c2ccc(-c3ccccc3)cc2)cs1. The monoisotopic (exact) mass is 391 g/mol. The fraction of sp³-hybridized carbons (Fsp3) is 0.227. The van der Waals surface area contributed by atoms with Crippen LogP contribution in [-0.4, -0.2) is 34.3 Å². The normalized spacial score (nSPS) is 16.2. The number of hydrogen-bond acceptors (Lipinski definition) is 4. The van der Waals surface area contributed by atoms with Gasteiger partial charge in [0.05, 0.1) is 5.69 Å². The summed E-state index contributed by atoms with van der Waals surface area (Å²) in [7, 11) is 0. The van der Waals surface area contributed by atoms with E-state index in [1.807, 2.05) is 35.7 Å². The maximum atomic E-state index is 12.5. The number of thiazole rings is 1. The molecule has 4 rings (SSSR count). The van der Waals surface area contributed by atoms with Crippen LogP contribution in [0.1, 0.15) is 19.8 Å². The zero-order valence-electron chi connectivity index (χ0n) is 15.6. The molecule has 0 saturated carbocycles. The van der Waals surface area contributed by atoms with Crippen LogP contribution in [0.2, 0.25) is 0 Å². The number of hydrogen-bond donors (Lipinski definition) is 1. The molecule has 2 amide bonds. The van der Waals surface area contributed by atoms with Crippen LogP contribution in [0.3, 0.4) is 0 Å². The van der Waals surface area contributed by atoms with Crippen molar-refractivity contribution in [2.75, 3.05) is 11.9 Å². The quantitative estimate of drug-likeness (QED) is 0.716. The van der Waals surface area contributed by atoms with Crippen LogP contribution < -0.4 is 5.32 Å². The van der Waals surface area contributed by atoms with E-state index in [0.29, 0.717) is 18.1 Å². The van der Waals surface area contributed by atoms with Gasteiger partial charge in [-0.05, 0) is 24.0 Å². The number of benzene rings is 2. The second-order valence-electron chi connectivity index (χ2n) is 6.84. The molecule has 28 heavy (non-hydrogen) atoms. The number of anilines is 1. The molecule has 6 heteroatoms. The minimum Gasteiger partial charge on any atom is -0.331 e. The summed E-state index contributed by atoms with van der Waals surface area (Å²) in [5, 5.41) is 5.36. The van der Waals surface area contributed by atoms with E-state index in [4.69, 9.17) is 0 Å². The van der Waals surface area contributed by atoms with E-state index in [-0.39, 0.29) is 11.8 Å². The van der Waals surface area contributed by atoms with Crippen LogP contribution in [-0.2, 0) is 9.59 Å². The Morgan fingerprint density at radius 2 is 1.71 bits per heavy atom. The van der Waals surface area contributed by atoms with Crippen LogP contribution in [0.25, 0.3) is 22.4 Å². The third kappa shape index (κ3) is 3.82. The Morgan fingerprint density at radius 1 is 1.04 bits per heavy atom. The molecule has 3 aromatic rings. The standard InChI is InChI=1S/C22H21N3O2S/c1-15(26)25-13-5-8-20(25)21(27)24-22-23-19(14-28-22)18-11-9-17(10-12-18)16-6-3-2-4-7-16/h2-4,6-7,9-12,14,20H,5,8,13H2,1H3,(H,23,24,27)/t20-/m0/s1. The fourth-order valence-electron chi connectivity index (χ4n) is 3.53. The number of likely N-dealkylation sites (tertiary alicyclic amines) is 1. The Morgan fingerprint density at radius 3 is 2.43 bits per heavy atom. The first-order chi connectivity index (χ1) is 13.6. The molecule has 0 aliphatic carbocycles. The topological polar surface area (TPSA) is 62.3 Å². The highest BCUT2D eigenvalue weighted by Crippen LogP contribution is 2.28. The van der Waals surface area contributed by atoms with Gasteiger partial charge < -0.3 is 10.2 Å². The lowest BCUT2D eigenvalue weighted by molar-refractivity contribution is -0.134. The maximum absolute atomic E-state index is 12.5. The molecule has 1 aromatic heterocycles. The summed E-state index contributed by atoms with van der Waals surface area (Å²) in [5.41, 5.74) is 4.16. The predicted octanol–water partition coefficient (Wildman–Crippen LogP) is 4.43. The van der Waals surface area contributed by atoms with Crippen molar-refractivity contribution in [3.8, 4) is 22.4 Å². The van der Waals surface area contributed by atoms with Crippen molar-refractivity contribution < 1.29 is 9.59 Å². The zero-order chi connectivity index (χ0) is 19.5. The van der Waals surface area contributed by atoms with Crippen molar-refractivity contribution in [1.82, 2.24) is 9.88 Å². The second-order valence-corrected chi connectivity index (χ2v) is 7.70. The van der Waals surface area contributed by atoms with Crippen molar-refractivity contribution in [3.63, 3.8) is 0 Å². The largest absolute Gasteiger partial charge is 0.331 e. The van der Waals surface area contributed by atoms with Crippen molar-refractivity contribution in [2.45, 2.75) is 25.8 Å². The van der Waals surface area contributed by atoms with Crippen LogP contribution in [0.4, 0.5) is 5.13 Å². The number of amides is 2. The van der Waals surface area contributed by atoms with E-state index in [2.05, 4.69) is 34.6 Å². The van der Waals surface area contributed by atoms with E-state index < -0.39 is 6.04 Å². The van der Waals surface area contributed by atoms with Crippen LogP contribution in [0, 0.1) is 0 Å². The number of carbonyl (C=O) groups is 2. The average molecular weight is 391 g/mol. The third-order valence-corrected chi connectivity index (χ3v) is 5.74. The van der Waals surface area contributed by atoms with E-state index in [9.17, 15) is 9.59 Å². The van der Waals surface area contributed by atoms with Crippen molar-refractivity contribution in [3.05, 3.63) is 60.0 Å². The highest BCUT2D eigenvalue weighted by molar-refractivity contribution is 7.14. The summed E-state index contributed by atoms with van der Waals surface area (Å²) in [6.45, 7) is 2.15. The molecule has 0 unspecified atom stereocenters. The van der Waals surface area contributed by atoms with Crippen molar-refractivity contribution in [1.29, 1.82) is 0 Å². The van der Waals surface area contributed by atoms with Gasteiger partial charge in [-0.3, -0.25) is 9.59 Å². The number of nitrogens with one attached hydrogen (secondary N) is 1. The maximum Gasteiger partial charge on any atom is 0.248 e. The summed E-state index contributed by atoms with van der Waals surface area (Å²) in [6.07, 6.45) is 1.55. The molecule has 0 bridgehead atoms. The average Bonchev–Trinajstić information content (AvgIpc) is 3.38.